The Morgan fingerprint density at radius 3 is 1.95 bits per heavy atom. The summed E-state index contributed by atoms with van der Waals surface area (Å²) in [4.78, 5) is 0. The molecule has 112 valence electrons. The molecular formula is C20H32. The predicted octanol–water partition coefficient (Wildman–Crippen LogP) is 6.71. The number of aryl methyl sites for hydroxylation is 1. The van der Waals surface area contributed by atoms with Crippen molar-refractivity contribution in [1.82, 2.24) is 0 Å². The van der Waals surface area contributed by atoms with Crippen LogP contribution in [0.15, 0.2) is 42.5 Å². The highest BCUT2D eigenvalue weighted by Gasteiger charge is 1.94. The number of hydrogen-bond acceptors (Lipinski definition) is 0. The van der Waals surface area contributed by atoms with Gasteiger partial charge >= 0.3 is 0 Å². The van der Waals surface area contributed by atoms with E-state index in [0.717, 1.165) is 0 Å². The Balaban J connectivity index is 1.80. The molecule has 1 aromatic carbocycles. The summed E-state index contributed by atoms with van der Waals surface area (Å²) in [7, 11) is 0. The van der Waals surface area contributed by atoms with E-state index >= 15 is 0 Å². The molecule has 0 saturated heterocycles. The molecule has 0 aliphatic rings. The molecule has 0 aliphatic heterocycles. The highest BCUT2D eigenvalue weighted by Crippen LogP contribution is 2.12. The van der Waals surface area contributed by atoms with Crippen LogP contribution in [0.1, 0.15) is 76.7 Å². The molecule has 0 aromatic heterocycles. The van der Waals surface area contributed by atoms with Gasteiger partial charge in [-0.1, -0.05) is 87.9 Å². The normalized spacial score (nSPS) is 11.2. The number of unbranched alkanes of at least 4 members (excludes halogenated alkanes) is 8. The topological polar surface area (TPSA) is 0 Å². The zero-order valence-electron chi connectivity index (χ0n) is 13.3. The van der Waals surface area contributed by atoms with Crippen molar-refractivity contribution < 1.29 is 0 Å². The second-order valence-electron chi connectivity index (χ2n) is 5.73. The number of benzene rings is 1. The van der Waals surface area contributed by atoms with Crippen LogP contribution in [-0.4, -0.2) is 0 Å². The molecule has 0 heteroatoms. The average molecular weight is 272 g/mol. The van der Waals surface area contributed by atoms with Gasteiger partial charge in [-0.25, -0.2) is 0 Å². The molecule has 0 fully saturated rings. The smallest absolute Gasteiger partial charge is 0.0279 e. The third kappa shape index (κ3) is 9.83. The van der Waals surface area contributed by atoms with E-state index in [2.05, 4.69) is 49.4 Å². The summed E-state index contributed by atoms with van der Waals surface area (Å²) in [5.41, 5.74) is 1.49. The van der Waals surface area contributed by atoms with Gasteiger partial charge in [-0.05, 0) is 37.7 Å². The van der Waals surface area contributed by atoms with Crippen LogP contribution in [0.4, 0.5) is 0 Å². The minimum atomic E-state index is 1.18. The average Bonchev–Trinajstić information content (AvgIpc) is 2.49. The zero-order chi connectivity index (χ0) is 14.3. The quantitative estimate of drug-likeness (QED) is 0.293. The highest BCUT2D eigenvalue weighted by atomic mass is 14.0. The second kappa shape index (κ2) is 13.0. The molecule has 0 radical (unpaired) electrons. The monoisotopic (exact) mass is 272 g/mol. The molecule has 1 rings (SSSR count). The molecular weight excluding hydrogens is 240 g/mol. The minimum Gasteiger partial charge on any atom is -0.0888 e. The van der Waals surface area contributed by atoms with Crippen molar-refractivity contribution in [1.29, 1.82) is 0 Å². The molecule has 0 nitrogen and oxygen atoms in total. The fraction of sp³-hybridized carbons (Fsp3) is 0.600. The van der Waals surface area contributed by atoms with Gasteiger partial charge in [0.2, 0.25) is 0 Å². The first kappa shape index (κ1) is 17.0. The van der Waals surface area contributed by atoms with Crippen LogP contribution in [0.2, 0.25) is 0 Å². The largest absolute Gasteiger partial charge is 0.0888 e. The summed E-state index contributed by atoms with van der Waals surface area (Å²) < 4.78 is 0. The number of rotatable bonds is 12. The van der Waals surface area contributed by atoms with Crippen molar-refractivity contribution in [2.45, 2.75) is 77.6 Å². The van der Waals surface area contributed by atoms with Crippen LogP contribution in [0.5, 0.6) is 0 Å². The SMILES string of the molecule is CC/C=C/CCCCCCCCCCc1ccccc1. The summed E-state index contributed by atoms with van der Waals surface area (Å²) in [5, 5.41) is 0. The summed E-state index contributed by atoms with van der Waals surface area (Å²) in [6.07, 6.45) is 19.6. The lowest BCUT2D eigenvalue weighted by Crippen LogP contribution is -1.86. The van der Waals surface area contributed by atoms with Crippen molar-refractivity contribution in [3.8, 4) is 0 Å². The maximum atomic E-state index is 2.34. The molecule has 0 unspecified atom stereocenters. The van der Waals surface area contributed by atoms with E-state index in [4.69, 9.17) is 0 Å². The van der Waals surface area contributed by atoms with Crippen molar-refractivity contribution >= 4 is 0 Å². The van der Waals surface area contributed by atoms with Gasteiger partial charge in [0.15, 0.2) is 0 Å². The Morgan fingerprint density at radius 1 is 0.700 bits per heavy atom. The lowest BCUT2D eigenvalue weighted by Gasteiger charge is -2.02. The van der Waals surface area contributed by atoms with Gasteiger partial charge in [-0.2, -0.15) is 0 Å². The van der Waals surface area contributed by atoms with Crippen LogP contribution in [0, 0.1) is 0 Å². The predicted molar refractivity (Wildman–Crippen MR) is 91.1 cm³/mol. The maximum absolute atomic E-state index is 2.34. The van der Waals surface area contributed by atoms with E-state index < -0.39 is 0 Å². The number of hydrogen-bond donors (Lipinski definition) is 0. The molecule has 0 amide bonds. The second-order valence-corrected chi connectivity index (χ2v) is 5.73. The van der Waals surface area contributed by atoms with Gasteiger partial charge < -0.3 is 0 Å². The van der Waals surface area contributed by atoms with Crippen LogP contribution < -0.4 is 0 Å². The Labute approximate surface area is 126 Å². The van der Waals surface area contributed by atoms with Crippen LogP contribution >= 0.6 is 0 Å². The molecule has 0 N–H and O–H groups in total. The minimum absolute atomic E-state index is 1.18. The third-order valence-corrected chi connectivity index (χ3v) is 3.83. The van der Waals surface area contributed by atoms with Crippen molar-refractivity contribution in [3.05, 3.63) is 48.0 Å². The lowest BCUT2D eigenvalue weighted by molar-refractivity contribution is 0.569. The molecule has 0 atom stereocenters. The van der Waals surface area contributed by atoms with Crippen molar-refractivity contribution in [3.63, 3.8) is 0 Å². The Kier molecular flexibility index (Phi) is 11.0. The van der Waals surface area contributed by atoms with E-state index in [-0.39, 0.29) is 0 Å². The van der Waals surface area contributed by atoms with E-state index in [1.807, 2.05) is 0 Å². The van der Waals surface area contributed by atoms with Gasteiger partial charge in [0.05, 0.1) is 0 Å². The molecule has 0 spiro atoms. The molecule has 0 aliphatic carbocycles. The van der Waals surface area contributed by atoms with Crippen LogP contribution in [-0.2, 0) is 6.42 Å². The van der Waals surface area contributed by atoms with Gasteiger partial charge in [0.1, 0.15) is 0 Å². The lowest BCUT2D eigenvalue weighted by atomic mass is 10.0. The molecule has 0 heterocycles. The fourth-order valence-corrected chi connectivity index (χ4v) is 2.58. The summed E-state index contributed by atoms with van der Waals surface area (Å²) >= 11 is 0. The highest BCUT2D eigenvalue weighted by molar-refractivity contribution is 5.14. The third-order valence-electron chi connectivity index (χ3n) is 3.83. The molecule has 0 saturated carbocycles. The Hall–Kier alpha value is -1.04. The maximum Gasteiger partial charge on any atom is -0.0279 e. The van der Waals surface area contributed by atoms with Crippen LogP contribution in [0.3, 0.4) is 0 Å². The first-order valence-corrected chi connectivity index (χ1v) is 8.62. The molecule has 0 bridgehead atoms. The van der Waals surface area contributed by atoms with Crippen LogP contribution in [0.25, 0.3) is 0 Å². The van der Waals surface area contributed by atoms with Gasteiger partial charge in [-0.15, -0.1) is 0 Å². The van der Waals surface area contributed by atoms with E-state index in [1.54, 1.807) is 0 Å². The van der Waals surface area contributed by atoms with E-state index in [9.17, 15) is 0 Å². The van der Waals surface area contributed by atoms with Gasteiger partial charge in [0, 0.05) is 0 Å². The zero-order valence-corrected chi connectivity index (χ0v) is 13.3. The summed E-state index contributed by atoms with van der Waals surface area (Å²) in [5.74, 6) is 0. The molecule has 20 heavy (non-hydrogen) atoms. The fourth-order valence-electron chi connectivity index (χ4n) is 2.58. The summed E-state index contributed by atoms with van der Waals surface area (Å²) in [6.45, 7) is 2.20. The van der Waals surface area contributed by atoms with E-state index in [1.165, 1.54) is 76.2 Å². The van der Waals surface area contributed by atoms with Gasteiger partial charge in [0.25, 0.3) is 0 Å². The Bertz CT molecular complexity index is 323. The van der Waals surface area contributed by atoms with Gasteiger partial charge in [-0.3, -0.25) is 0 Å². The number of allylic oxidation sites excluding steroid dienone is 2. The van der Waals surface area contributed by atoms with Crippen molar-refractivity contribution in [2.24, 2.45) is 0 Å². The first-order chi connectivity index (χ1) is 9.93. The first-order valence-electron chi connectivity index (χ1n) is 8.62. The summed E-state index contributed by atoms with van der Waals surface area (Å²) in [6, 6.07) is 10.9. The van der Waals surface area contributed by atoms with Crippen molar-refractivity contribution in [2.75, 3.05) is 0 Å². The standard InChI is InChI=1S/C20H32/c1-2-3-4-5-6-7-8-9-10-11-12-14-17-20-18-15-13-16-19-20/h3-4,13,15-16,18-19H,2,5-12,14,17H2,1H3/b4-3+. The van der Waals surface area contributed by atoms with E-state index in [0.29, 0.717) is 0 Å². The molecule has 1 aromatic rings. The Morgan fingerprint density at radius 2 is 1.30 bits per heavy atom.